The molecule has 138 valence electrons. The molecule has 0 bridgehead atoms. The summed E-state index contributed by atoms with van der Waals surface area (Å²) >= 11 is 0. The van der Waals surface area contributed by atoms with Crippen molar-refractivity contribution in [3.63, 3.8) is 0 Å². The molecule has 0 spiro atoms. The third-order valence-corrected chi connectivity index (χ3v) is 4.82. The summed E-state index contributed by atoms with van der Waals surface area (Å²) in [6, 6.07) is 7.42. The molecular weight excluding hydrogens is 316 g/mol. The van der Waals surface area contributed by atoms with Crippen LogP contribution in [0.25, 0.3) is 0 Å². The lowest BCUT2D eigenvalue weighted by molar-refractivity contribution is -0.140. The van der Waals surface area contributed by atoms with Crippen molar-refractivity contribution in [3.8, 4) is 5.75 Å². The molecule has 1 aromatic carbocycles. The highest BCUT2D eigenvalue weighted by Gasteiger charge is 2.28. The molecule has 5 nitrogen and oxygen atoms in total. The first-order valence-electron chi connectivity index (χ1n) is 9.28. The van der Waals surface area contributed by atoms with Crippen LogP contribution in [0.5, 0.6) is 5.75 Å². The van der Waals surface area contributed by atoms with Crippen molar-refractivity contribution >= 4 is 11.8 Å². The third kappa shape index (κ3) is 5.48. The molecular formula is C20H30N2O3. The highest BCUT2D eigenvalue weighted by molar-refractivity contribution is 5.87. The van der Waals surface area contributed by atoms with Crippen molar-refractivity contribution in [3.05, 3.63) is 29.8 Å². The minimum atomic E-state index is -0.481. The summed E-state index contributed by atoms with van der Waals surface area (Å²) < 4.78 is 5.26. The average Bonchev–Trinajstić information content (AvgIpc) is 3.12. The van der Waals surface area contributed by atoms with Crippen LogP contribution in [0.4, 0.5) is 0 Å². The number of nitrogens with zero attached hydrogens (tertiary/aromatic N) is 1. The number of hydrogen-bond donors (Lipinski definition) is 1. The van der Waals surface area contributed by atoms with E-state index in [1.807, 2.05) is 38.1 Å². The molecule has 0 unspecified atom stereocenters. The average molecular weight is 346 g/mol. The van der Waals surface area contributed by atoms with Crippen molar-refractivity contribution in [1.29, 1.82) is 0 Å². The number of nitrogens with one attached hydrogen (secondary N) is 1. The van der Waals surface area contributed by atoms with Gasteiger partial charge in [-0.3, -0.25) is 9.59 Å². The van der Waals surface area contributed by atoms with E-state index in [0.717, 1.165) is 30.6 Å². The van der Waals surface area contributed by atoms with E-state index in [-0.39, 0.29) is 17.9 Å². The number of amides is 2. The van der Waals surface area contributed by atoms with Crippen LogP contribution in [0.1, 0.15) is 57.9 Å². The number of hydrogen-bond acceptors (Lipinski definition) is 3. The maximum Gasteiger partial charge on any atom is 0.242 e. The first-order chi connectivity index (χ1) is 12.0. The first-order valence-corrected chi connectivity index (χ1v) is 9.28. The fraction of sp³-hybridized carbons (Fsp3) is 0.600. The van der Waals surface area contributed by atoms with Gasteiger partial charge in [-0.2, -0.15) is 0 Å². The molecule has 1 N–H and O–H groups in total. The van der Waals surface area contributed by atoms with Gasteiger partial charge in [0.1, 0.15) is 11.8 Å². The summed E-state index contributed by atoms with van der Waals surface area (Å²) in [4.78, 5) is 26.9. The van der Waals surface area contributed by atoms with Gasteiger partial charge in [0.2, 0.25) is 11.8 Å². The largest absolute Gasteiger partial charge is 0.497 e. The van der Waals surface area contributed by atoms with Crippen LogP contribution in [0.2, 0.25) is 0 Å². The number of methoxy groups -OCH3 is 1. The van der Waals surface area contributed by atoms with Crippen LogP contribution < -0.4 is 10.1 Å². The Kier molecular flexibility index (Phi) is 7.29. The second kappa shape index (κ2) is 9.44. The lowest BCUT2D eigenvalue weighted by Crippen LogP contribution is -2.49. The highest BCUT2D eigenvalue weighted by Crippen LogP contribution is 2.19. The second-order valence-corrected chi connectivity index (χ2v) is 6.79. The molecule has 1 saturated carbocycles. The SMILES string of the molecule is CCCC(=O)N(Cc1cccc(OC)c1)[C@H](C)C(=O)NC1CCCC1. The zero-order chi connectivity index (χ0) is 18.2. The summed E-state index contributed by atoms with van der Waals surface area (Å²) in [7, 11) is 1.62. The van der Waals surface area contributed by atoms with Crippen molar-refractivity contribution in [2.24, 2.45) is 0 Å². The van der Waals surface area contributed by atoms with E-state index in [9.17, 15) is 9.59 Å². The second-order valence-electron chi connectivity index (χ2n) is 6.79. The standard InChI is InChI=1S/C20H30N2O3/c1-4-8-19(23)22(14-16-9-7-12-18(13-16)25-3)15(2)20(24)21-17-10-5-6-11-17/h7,9,12-13,15,17H,4-6,8,10-11,14H2,1-3H3,(H,21,24)/t15-/m1/s1. The van der Waals surface area contributed by atoms with Gasteiger partial charge in [0.05, 0.1) is 7.11 Å². The summed E-state index contributed by atoms with van der Waals surface area (Å²) in [5.74, 6) is 0.710. The van der Waals surface area contributed by atoms with Crippen LogP contribution in [0, 0.1) is 0 Å². The van der Waals surface area contributed by atoms with Crippen molar-refractivity contribution < 1.29 is 14.3 Å². The molecule has 5 heteroatoms. The zero-order valence-corrected chi connectivity index (χ0v) is 15.6. The summed E-state index contributed by atoms with van der Waals surface area (Å²) in [5, 5.41) is 3.11. The van der Waals surface area contributed by atoms with E-state index in [1.165, 1.54) is 12.8 Å². The molecule has 0 heterocycles. The number of carbonyl (C=O) groups is 2. The Bertz CT molecular complexity index is 582. The number of benzene rings is 1. The predicted molar refractivity (Wildman–Crippen MR) is 98.3 cm³/mol. The van der Waals surface area contributed by atoms with Crippen molar-refractivity contribution in [2.75, 3.05) is 7.11 Å². The Hall–Kier alpha value is -2.04. The Morgan fingerprint density at radius 1 is 1.32 bits per heavy atom. The minimum absolute atomic E-state index is 0.0133. The Morgan fingerprint density at radius 3 is 2.68 bits per heavy atom. The van der Waals surface area contributed by atoms with Crippen LogP contribution >= 0.6 is 0 Å². The molecule has 0 aliphatic heterocycles. The van der Waals surface area contributed by atoms with E-state index in [4.69, 9.17) is 4.74 Å². The van der Waals surface area contributed by atoms with E-state index in [0.29, 0.717) is 13.0 Å². The van der Waals surface area contributed by atoms with Gasteiger partial charge in [0.25, 0.3) is 0 Å². The van der Waals surface area contributed by atoms with E-state index in [2.05, 4.69) is 5.32 Å². The lowest BCUT2D eigenvalue weighted by Gasteiger charge is -2.29. The molecule has 0 saturated heterocycles. The molecule has 1 fully saturated rings. The number of carbonyl (C=O) groups excluding carboxylic acids is 2. The van der Waals surface area contributed by atoms with Gasteiger partial charge in [-0.25, -0.2) is 0 Å². The maximum absolute atomic E-state index is 12.6. The van der Waals surface area contributed by atoms with Gasteiger partial charge in [0, 0.05) is 19.0 Å². The number of ether oxygens (including phenoxy) is 1. The molecule has 0 aromatic heterocycles. The highest BCUT2D eigenvalue weighted by atomic mass is 16.5. The molecule has 2 amide bonds. The monoisotopic (exact) mass is 346 g/mol. The van der Waals surface area contributed by atoms with Crippen LogP contribution in [0.15, 0.2) is 24.3 Å². The zero-order valence-electron chi connectivity index (χ0n) is 15.6. The smallest absolute Gasteiger partial charge is 0.242 e. The van der Waals surface area contributed by atoms with Crippen LogP contribution in [-0.2, 0) is 16.1 Å². The van der Waals surface area contributed by atoms with Gasteiger partial charge < -0.3 is 15.0 Å². The molecule has 1 aliphatic carbocycles. The molecule has 1 aromatic rings. The van der Waals surface area contributed by atoms with Crippen molar-refractivity contribution in [2.45, 2.75) is 71.0 Å². The molecule has 2 rings (SSSR count). The van der Waals surface area contributed by atoms with E-state index in [1.54, 1.807) is 12.0 Å². The minimum Gasteiger partial charge on any atom is -0.497 e. The Morgan fingerprint density at radius 2 is 2.04 bits per heavy atom. The van der Waals surface area contributed by atoms with Gasteiger partial charge in [-0.15, -0.1) is 0 Å². The molecule has 0 radical (unpaired) electrons. The predicted octanol–water partition coefficient (Wildman–Crippen LogP) is 3.27. The topological polar surface area (TPSA) is 58.6 Å². The number of rotatable bonds is 8. The normalized spacial score (nSPS) is 15.6. The van der Waals surface area contributed by atoms with E-state index < -0.39 is 6.04 Å². The lowest BCUT2D eigenvalue weighted by atomic mass is 10.1. The maximum atomic E-state index is 12.6. The fourth-order valence-corrected chi connectivity index (χ4v) is 3.30. The van der Waals surface area contributed by atoms with Crippen molar-refractivity contribution in [1.82, 2.24) is 10.2 Å². The van der Waals surface area contributed by atoms with Crippen LogP contribution in [-0.4, -0.2) is 35.9 Å². The summed E-state index contributed by atoms with van der Waals surface area (Å²) in [6.45, 7) is 4.21. The molecule has 25 heavy (non-hydrogen) atoms. The Labute approximate surface area is 150 Å². The summed E-state index contributed by atoms with van der Waals surface area (Å²) in [5.41, 5.74) is 0.962. The molecule has 1 aliphatic rings. The van der Waals surface area contributed by atoms with Crippen LogP contribution in [0.3, 0.4) is 0 Å². The summed E-state index contributed by atoms with van der Waals surface area (Å²) in [6.07, 6.45) is 5.63. The van der Waals surface area contributed by atoms with Gasteiger partial charge >= 0.3 is 0 Å². The van der Waals surface area contributed by atoms with Gasteiger partial charge in [-0.05, 0) is 43.9 Å². The molecule has 1 atom stereocenters. The van der Waals surface area contributed by atoms with Gasteiger partial charge in [0.15, 0.2) is 0 Å². The quantitative estimate of drug-likeness (QED) is 0.786. The Balaban J connectivity index is 2.10. The van der Waals surface area contributed by atoms with Gasteiger partial charge in [-0.1, -0.05) is 31.9 Å². The third-order valence-electron chi connectivity index (χ3n) is 4.82. The fourth-order valence-electron chi connectivity index (χ4n) is 3.30. The van der Waals surface area contributed by atoms with E-state index >= 15 is 0 Å². The first kappa shape index (κ1) is 19.3.